The van der Waals surface area contributed by atoms with E-state index in [-0.39, 0.29) is 42.7 Å². The number of hydrogen-bond donors (Lipinski definition) is 2. The van der Waals surface area contributed by atoms with Gasteiger partial charge in [0.05, 0.1) is 18.0 Å². The van der Waals surface area contributed by atoms with Gasteiger partial charge in [0.2, 0.25) is 0 Å². The highest BCUT2D eigenvalue weighted by Gasteiger charge is 2.22. The zero-order chi connectivity index (χ0) is 27.1. The smallest absolute Gasteiger partial charge is 0.409 e. The number of likely N-dealkylation sites (N-methyl/N-ethyl adjacent to an activating group) is 1. The van der Waals surface area contributed by atoms with Gasteiger partial charge in [-0.2, -0.15) is 0 Å². The van der Waals surface area contributed by atoms with Crippen molar-refractivity contribution in [2.24, 2.45) is 0 Å². The summed E-state index contributed by atoms with van der Waals surface area (Å²) < 4.78 is 56.9. The number of hydrogen-bond acceptors (Lipinski definition) is 7. The predicted octanol–water partition coefficient (Wildman–Crippen LogP) is 2.55. The van der Waals surface area contributed by atoms with E-state index in [2.05, 4.69) is 12.8 Å². The van der Waals surface area contributed by atoms with Crippen molar-refractivity contribution in [2.45, 2.75) is 4.90 Å². The molecule has 10 nitrogen and oxygen atoms in total. The summed E-state index contributed by atoms with van der Waals surface area (Å²) in [6.45, 7) is -0.270. The fourth-order valence-corrected chi connectivity index (χ4v) is 3.71. The van der Waals surface area contributed by atoms with Gasteiger partial charge < -0.3 is 19.1 Å². The van der Waals surface area contributed by atoms with Crippen LogP contribution in [0, 0.1) is 24.5 Å². The minimum Gasteiger partial charge on any atom is -0.454 e. The Morgan fingerprint density at radius 2 is 1.75 bits per heavy atom. The van der Waals surface area contributed by atoms with Crippen LogP contribution in [0.3, 0.4) is 0 Å². The molecule has 0 heterocycles. The Bertz CT molecular complexity index is 1040. The molecule has 0 saturated carbocycles. The van der Waals surface area contributed by atoms with Crippen LogP contribution in [0.15, 0.2) is 47.4 Å². The number of nitrogens with one attached hydrogen (secondary N) is 1. The van der Waals surface area contributed by atoms with Gasteiger partial charge in [0, 0.05) is 27.2 Å². The molecule has 2 aromatic carbocycles. The lowest BCUT2D eigenvalue weighted by Gasteiger charge is -2.23. The van der Waals surface area contributed by atoms with Crippen LogP contribution in [0.1, 0.15) is 0 Å². The van der Waals surface area contributed by atoms with Gasteiger partial charge in [0.1, 0.15) is 29.2 Å². The van der Waals surface area contributed by atoms with Gasteiger partial charge in [0.15, 0.2) is 11.6 Å². The number of ether oxygens (including phenoxy) is 3. The average molecular weight is 528 g/mol. The van der Waals surface area contributed by atoms with Crippen molar-refractivity contribution in [3.8, 4) is 24.3 Å². The lowest BCUT2D eigenvalue weighted by atomic mass is 10.3. The number of methoxy groups -OCH3 is 1. The Morgan fingerprint density at radius 3 is 2.33 bits per heavy atom. The van der Waals surface area contributed by atoms with Crippen molar-refractivity contribution < 1.29 is 42.0 Å². The van der Waals surface area contributed by atoms with Crippen LogP contribution in [-0.2, 0) is 25.3 Å². The van der Waals surface area contributed by atoms with E-state index in [9.17, 15) is 22.6 Å². The summed E-state index contributed by atoms with van der Waals surface area (Å²) in [5.41, 5.74) is 1.44. The van der Waals surface area contributed by atoms with Crippen molar-refractivity contribution >= 4 is 23.0 Å². The number of amides is 2. The van der Waals surface area contributed by atoms with Gasteiger partial charge in [0.25, 0.3) is 5.91 Å². The van der Waals surface area contributed by atoms with Crippen LogP contribution in [0.4, 0.5) is 13.6 Å². The third kappa shape index (κ3) is 9.96. The maximum atomic E-state index is 14.6. The van der Waals surface area contributed by atoms with Gasteiger partial charge in [-0.25, -0.2) is 27.6 Å². The quantitative estimate of drug-likeness (QED) is 0.189. The minimum absolute atomic E-state index is 0.0139. The molecule has 0 aliphatic heterocycles. The highest BCUT2D eigenvalue weighted by atomic mass is 32.2. The maximum Gasteiger partial charge on any atom is 0.409 e. The van der Waals surface area contributed by atoms with E-state index in [0.717, 1.165) is 22.5 Å². The fourth-order valence-electron chi connectivity index (χ4n) is 2.54. The molecular formula is C23H27F2N3O7S. The molecule has 1 unspecified atom stereocenters. The second kappa shape index (κ2) is 16.2. The first-order valence-corrected chi connectivity index (χ1v) is 11.4. The van der Waals surface area contributed by atoms with Crippen molar-refractivity contribution in [3.63, 3.8) is 0 Å². The molecule has 0 aromatic heterocycles. The van der Waals surface area contributed by atoms with E-state index < -0.39 is 41.2 Å². The number of terminal acetylenes is 1. The fraction of sp³-hybridized carbons (Fsp3) is 0.304. The topological polar surface area (TPSA) is 118 Å². The summed E-state index contributed by atoms with van der Waals surface area (Å²) in [7, 11) is 0.877. The lowest BCUT2D eigenvalue weighted by Crippen LogP contribution is -2.42. The SMILES string of the molecule is C#C.COCCOC(=O)N(C)CCN(CC(=O)NO)S(=O)c1ccc(Oc2ccc(F)cc2)c(F)c1. The number of carbonyl (C=O) groups is 2. The molecule has 2 rings (SSSR count). The van der Waals surface area contributed by atoms with Crippen LogP contribution in [-0.4, -0.2) is 77.6 Å². The van der Waals surface area contributed by atoms with E-state index >= 15 is 0 Å². The van der Waals surface area contributed by atoms with Gasteiger partial charge in [-0.15, -0.1) is 12.8 Å². The van der Waals surface area contributed by atoms with Crippen LogP contribution in [0.25, 0.3) is 0 Å². The molecule has 0 aliphatic carbocycles. The number of halogens is 2. The van der Waals surface area contributed by atoms with Gasteiger partial charge in [-0.3, -0.25) is 10.0 Å². The van der Waals surface area contributed by atoms with E-state index in [4.69, 9.17) is 19.4 Å². The van der Waals surface area contributed by atoms with Crippen molar-refractivity contribution in [1.29, 1.82) is 0 Å². The summed E-state index contributed by atoms with van der Waals surface area (Å²) in [4.78, 5) is 24.9. The zero-order valence-electron chi connectivity index (χ0n) is 19.7. The predicted molar refractivity (Wildman–Crippen MR) is 127 cm³/mol. The first kappa shape index (κ1) is 30.5. The number of benzene rings is 2. The lowest BCUT2D eigenvalue weighted by molar-refractivity contribution is -0.129. The normalized spacial score (nSPS) is 11.1. The molecule has 2 amide bonds. The second-order valence-electron chi connectivity index (χ2n) is 6.82. The Balaban J connectivity index is 0.00000316. The third-order valence-corrected chi connectivity index (χ3v) is 5.77. The van der Waals surface area contributed by atoms with E-state index in [1.807, 2.05) is 0 Å². The largest absolute Gasteiger partial charge is 0.454 e. The summed E-state index contributed by atoms with van der Waals surface area (Å²) in [5, 5.41) is 8.84. The molecule has 2 aromatic rings. The molecule has 13 heteroatoms. The highest BCUT2D eigenvalue weighted by Crippen LogP contribution is 2.26. The Hall–Kier alpha value is -3.57. The maximum absolute atomic E-state index is 14.6. The Morgan fingerprint density at radius 1 is 1.08 bits per heavy atom. The molecule has 36 heavy (non-hydrogen) atoms. The molecule has 0 saturated heterocycles. The average Bonchev–Trinajstić information content (AvgIpc) is 2.89. The third-order valence-electron chi connectivity index (χ3n) is 4.34. The molecule has 0 spiro atoms. The molecule has 0 fully saturated rings. The standard InChI is InChI=1S/C21H25F2N3O7S.C2H2/c1-25(21(28)32-12-11-31-2)9-10-26(14-20(27)24-29)34(30)17-7-8-19(18(23)13-17)33-16-5-3-15(22)4-6-16;1-2/h3-8,13,29H,9-12,14H2,1-2H3,(H,24,27);1-2H. The molecule has 0 bridgehead atoms. The Kier molecular flexibility index (Phi) is 13.7. The number of hydroxylamine groups is 1. The monoisotopic (exact) mass is 527 g/mol. The van der Waals surface area contributed by atoms with Crippen molar-refractivity contribution in [3.05, 3.63) is 54.1 Å². The van der Waals surface area contributed by atoms with Crippen molar-refractivity contribution in [1.82, 2.24) is 14.7 Å². The van der Waals surface area contributed by atoms with E-state index in [1.54, 1.807) is 0 Å². The number of nitrogens with zero attached hydrogens (tertiary/aromatic N) is 2. The molecule has 2 N–H and O–H groups in total. The molecule has 0 aliphatic rings. The van der Waals surface area contributed by atoms with Crippen molar-refractivity contribution in [2.75, 3.05) is 47.0 Å². The first-order chi connectivity index (χ1) is 17.2. The Labute approximate surface area is 210 Å². The number of carbonyl (C=O) groups excluding carboxylic acids is 2. The molecule has 1 atom stereocenters. The summed E-state index contributed by atoms with van der Waals surface area (Å²) in [5.74, 6) is -2.13. The van der Waals surface area contributed by atoms with Gasteiger partial charge in [-0.05, 0) is 42.5 Å². The highest BCUT2D eigenvalue weighted by molar-refractivity contribution is 7.82. The van der Waals surface area contributed by atoms with E-state index in [0.29, 0.717) is 0 Å². The first-order valence-electron chi connectivity index (χ1n) is 10.3. The molecule has 0 radical (unpaired) electrons. The van der Waals surface area contributed by atoms with Crippen LogP contribution >= 0.6 is 0 Å². The number of rotatable bonds is 12. The summed E-state index contributed by atoms with van der Waals surface area (Å²) in [6, 6.07) is 8.53. The molecule has 196 valence electrons. The zero-order valence-corrected chi connectivity index (χ0v) is 20.5. The second-order valence-corrected chi connectivity index (χ2v) is 8.31. The molecular weight excluding hydrogens is 500 g/mol. The summed E-state index contributed by atoms with van der Waals surface area (Å²) >= 11 is 0. The van der Waals surface area contributed by atoms with Crippen LogP contribution < -0.4 is 10.2 Å². The van der Waals surface area contributed by atoms with Crippen LogP contribution in [0.2, 0.25) is 0 Å². The van der Waals surface area contributed by atoms with E-state index in [1.165, 1.54) is 48.8 Å². The van der Waals surface area contributed by atoms with Crippen LogP contribution in [0.5, 0.6) is 11.5 Å². The van der Waals surface area contributed by atoms with Gasteiger partial charge in [-0.1, -0.05) is 0 Å². The van der Waals surface area contributed by atoms with Gasteiger partial charge >= 0.3 is 6.09 Å². The summed E-state index contributed by atoms with van der Waals surface area (Å²) in [6.07, 6.45) is 7.35. The minimum atomic E-state index is -2.03.